The number of carbonyl (C=O) groups is 1. The minimum atomic E-state index is -0.326. The summed E-state index contributed by atoms with van der Waals surface area (Å²) in [6.07, 6.45) is 1.42. The largest absolute Gasteiger partial charge is 0.504 e. The molecule has 0 spiro atoms. The standard InChI is InChI=1S/C20H19N3O3/c21-14-16(12-15-6-7-18(24)19(25)13-15)20(26)23-10-8-22(9-11-23)17-4-2-1-3-5-17/h1-7,12-13,24-25H,8-11H2/b16-12+. The van der Waals surface area contributed by atoms with Crippen molar-refractivity contribution in [2.75, 3.05) is 31.1 Å². The van der Waals surface area contributed by atoms with Gasteiger partial charge in [-0.1, -0.05) is 24.3 Å². The van der Waals surface area contributed by atoms with E-state index < -0.39 is 0 Å². The topological polar surface area (TPSA) is 87.8 Å². The average Bonchev–Trinajstić information content (AvgIpc) is 2.69. The van der Waals surface area contributed by atoms with Crippen molar-refractivity contribution in [3.8, 4) is 17.6 Å². The zero-order valence-corrected chi connectivity index (χ0v) is 14.2. The van der Waals surface area contributed by atoms with Gasteiger partial charge in [0, 0.05) is 31.9 Å². The Labute approximate surface area is 151 Å². The minimum Gasteiger partial charge on any atom is -0.504 e. The molecule has 6 nitrogen and oxygen atoms in total. The Morgan fingerprint density at radius 3 is 2.31 bits per heavy atom. The van der Waals surface area contributed by atoms with Crippen LogP contribution < -0.4 is 4.90 Å². The molecule has 1 aliphatic heterocycles. The highest BCUT2D eigenvalue weighted by molar-refractivity contribution is 6.01. The number of amides is 1. The van der Waals surface area contributed by atoms with Crippen LogP contribution in [-0.4, -0.2) is 47.2 Å². The quantitative estimate of drug-likeness (QED) is 0.504. The van der Waals surface area contributed by atoms with E-state index in [0.29, 0.717) is 31.7 Å². The van der Waals surface area contributed by atoms with Crippen LogP contribution in [0.5, 0.6) is 11.5 Å². The summed E-state index contributed by atoms with van der Waals surface area (Å²) in [4.78, 5) is 16.5. The number of carbonyl (C=O) groups excluding carboxylic acids is 1. The molecule has 0 saturated carbocycles. The minimum absolute atomic E-state index is 0.00301. The molecular formula is C20H19N3O3. The number of hydrogen-bond acceptors (Lipinski definition) is 5. The van der Waals surface area contributed by atoms with E-state index in [4.69, 9.17) is 0 Å². The molecule has 132 valence electrons. The van der Waals surface area contributed by atoms with E-state index in [9.17, 15) is 20.3 Å². The first kappa shape index (κ1) is 17.4. The van der Waals surface area contributed by atoms with Crippen LogP contribution in [0.4, 0.5) is 5.69 Å². The molecule has 26 heavy (non-hydrogen) atoms. The molecule has 2 aromatic rings. The third kappa shape index (κ3) is 3.78. The maximum Gasteiger partial charge on any atom is 0.264 e. The maximum absolute atomic E-state index is 12.6. The van der Waals surface area contributed by atoms with Gasteiger partial charge in [0.1, 0.15) is 11.6 Å². The number of benzene rings is 2. The smallest absolute Gasteiger partial charge is 0.264 e. The Hall–Kier alpha value is -3.46. The normalized spacial score (nSPS) is 14.8. The van der Waals surface area contributed by atoms with Crippen molar-refractivity contribution in [1.29, 1.82) is 5.26 Å². The summed E-state index contributed by atoms with van der Waals surface area (Å²) in [7, 11) is 0. The van der Waals surface area contributed by atoms with Crippen molar-refractivity contribution in [2.24, 2.45) is 0 Å². The number of phenols is 2. The van der Waals surface area contributed by atoms with Crippen LogP contribution in [0.25, 0.3) is 6.08 Å². The van der Waals surface area contributed by atoms with Gasteiger partial charge in [0.15, 0.2) is 11.5 Å². The number of piperazine rings is 1. The second-order valence-corrected chi connectivity index (χ2v) is 6.03. The second kappa shape index (κ2) is 7.62. The van der Waals surface area contributed by atoms with Crippen molar-refractivity contribution in [2.45, 2.75) is 0 Å². The van der Waals surface area contributed by atoms with Gasteiger partial charge in [-0.05, 0) is 35.9 Å². The predicted octanol–water partition coefficient (Wildman–Crippen LogP) is 2.35. The number of nitriles is 1. The summed E-state index contributed by atoms with van der Waals surface area (Å²) in [6.45, 7) is 2.48. The predicted molar refractivity (Wildman–Crippen MR) is 98.6 cm³/mol. The zero-order chi connectivity index (χ0) is 18.5. The molecule has 2 N–H and O–H groups in total. The van der Waals surface area contributed by atoms with Crippen LogP contribution >= 0.6 is 0 Å². The average molecular weight is 349 g/mol. The van der Waals surface area contributed by atoms with E-state index in [1.54, 1.807) is 4.90 Å². The lowest BCUT2D eigenvalue weighted by Gasteiger charge is -2.36. The molecule has 1 saturated heterocycles. The van der Waals surface area contributed by atoms with Gasteiger partial charge in [-0.15, -0.1) is 0 Å². The van der Waals surface area contributed by atoms with Gasteiger partial charge in [0.05, 0.1) is 0 Å². The number of phenolic OH excluding ortho intramolecular Hbond substituents is 2. The molecule has 2 aromatic carbocycles. The molecular weight excluding hydrogens is 330 g/mol. The van der Waals surface area contributed by atoms with Gasteiger partial charge in [0.25, 0.3) is 5.91 Å². The molecule has 1 fully saturated rings. The Balaban J connectivity index is 1.69. The highest BCUT2D eigenvalue weighted by atomic mass is 16.3. The van der Waals surface area contributed by atoms with Crippen LogP contribution in [0.2, 0.25) is 0 Å². The van der Waals surface area contributed by atoms with Crippen molar-refractivity contribution in [1.82, 2.24) is 4.90 Å². The van der Waals surface area contributed by atoms with Crippen molar-refractivity contribution in [3.63, 3.8) is 0 Å². The van der Waals surface area contributed by atoms with Crippen LogP contribution in [0.15, 0.2) is 54.1 Å². The Morgan fingerprint density at radius 1 is 1.00 bits per heavy atom. The van der Waals surface area contributed by atoms with Gasteiger partial charge < -0.3 is 20.0 Å². The Kier molecular flexibility index (Phi) is 5.09. The molecule has 1 amide bonds. The summed E-state index contributed by atoms with van der Waals surface area (Å²) in [5.74, 6) is -0.864. The van der Waals surface area contributed by atoms with Crippen molar-refractivity contribution in [3.05, 3.63) is 59.7 Å². The number of hydrogen-bond donors (Lipinski definition) is 2. The molecule has 1 heterocycles. The molecule has 0 radical (unpaired) electrons. The summed E-state index contributed by atoms with van der Waals surface area (Å²) >= 11 is 0. The molecule has 0 aliphatic carbocycles. The Bertz CT molecular complexity index is 864. The molecule has 0 bridgehead atoms. The number of para-hydroxylation sites is 1. The third-order valence-corrected chi connectivity index (χ3v) is 4.35. The fraction of sp³-hybridized carbons (Fsp3) is 0.200. The third-order valence-electron chi connectivity index (χ3n) is 4.35. The first-order valence-electron chi connectivity index (χ1n) is 8.31. The number of rotatable bonds is 3. The number of anilines is 1. The summed E-state index contributed by atoms with van der Waals surface area (Å²) < 4.78 is 0. The van der Waals surface area contributed by atoms with E-state index in [1.165, 1.54) is 24.3 Å². The highest BCUT2D eigenvalue weighted by Crippen LogP contribution is 2.26. The molecule has 0 unspecified atom stereocenters. The van der Waals surface area contributed by atoms with E-state index >= 15 is 0 Å². The molecule has 0 aromatic heterocycles. The van der Waals surface area contributed by atoms with Crippen LogP contribution in [0.1, 0.15) is 5.56 Å². The Morgan fingerprint density at radius 2 is 1.69 bits per heavy atom. The highest BCUT2D eigenvalue weighted by Gasteiger charge is 2.23. The number of aromatic hydroxyl groups is 2. The second-order valence-electron chi connectivity index (χ2n) is 6.03. The summed E-state index contributed by atoms with van der Waals surface area (Å²) in [6, 6.07) is 16.1. The fourth-order valence-electron chi connectivity index (χ4n) is 2.92. The van der Waals surface area contributed by atoms with Crippen LogP contribution in [0, 0.1) is 11.3 Å². The first-order valence-corrected chi connectivity index (χ1v) is 8.31. The van der Waals surface area contributed by atoms with Gasteiger partial charge in [-0.2, -0.15) is 5.26 Å². The molecule has 0 atom stereocenters. The van der Waals surface area contributed by atoms with Gasteiger partial charge in [-0.25, -0.2) is 0 Å². The monoisotopic (exact) mass is 349 g/mol. The SMILES string of the molecule is N#C/C(=C\c1ccc(O)c(O)c1)C(=O)N1CCN(c2ccccc2)CC1. The lowest BCUT2D eigenvalue weighted by atomic mass is 10.1. The van der Waals surface area contributed by atoms with Gasteiger partial charge in [0.2, 0.25) is 0 Å². The van der Waals surface area contributed by atoms with Gasteiger partial charge >= 0.3 is 0 Å². The van der Waals surface area contributed by atoms with Crippen LogP contribution in [0.3, 0.4) is 0 Å². The van der Waals surface area contributed by atoms with E-state index in [2.05, 4.69) is 4.90 Å². The van der Waals surface area contributed by atoms with Crippen molar-refractivity contribution < 1.29 is 15.0 Å². The summed E-state index contributed by atoms with van der Waals surface area (Å²) in [5.41, 5.74) is 1.60. The van der Waals surface area contributed by atoms with E-state index in [0.717, 1.165) is 5.69 Å². The van der Waals surface area contributed by atoms with E-state index in [-0.39, 0.29) is 23.0 Å². The lowest BCUT2D eigenvalue weighted by Crippen LogP contribution is -2.49. The zero-order valence-electron chi connectivity index (χ0n) is 14.2. The van der Waals surface area contributed by atoms with Crippen LogP contribution in [-0.2, 0) is 4.79 Å². The summed E-state index contributed by atoms with van der Waals surface area (Å²) in [5, 5.41) is 28.3. The molecule has 3 rings (SSSR count). The van der Waals surface area contributed by atoms with Crippen molar-refractivity contribution >= 4 is 17.7 Å². The maximum atomic E-state index is 12.6. The molecule has 6 heteroatoms. The first-order chi connectivity index (χ1) is 12.6. The number of nitrogens with zero attached hydrogens (tertiary/aromatic N) is 3. The lowest BCUT2D eigenvalue weighted by molar-refractivity contribution is -0.126. The molecule has 1 aliphatic rings. The fourth-order valence-corrected chi connectivity index (χ4v) is 2.92. The van der Waals surface area contributed by atoms with Gasteiger partial charge in [-0.3, -0.25) is 4.79 Å². The van der Waals surface area contributed by atoms with E-state index in [1.807, 2.05) is 36.4 Å².